The third kappa shape index (κ3) is 3.05. The highest BCUT2D eigenvalue weighted by Gasteiger charge is 2.21. The Hall–Kier alpha value is -1.02. The summed E-state index contributed by atoms with van der Waals surface area (Å²) in [4.78, 5) is 2.57. The summed E-state index contributed by atoms with van der Waals surface area (Å²) in [5.41, 5.74) is 2.91. The van der Waals surface area contributed by atoms with Crippen molar-refractivity contribution in [3.63, 3.8) is 0 Å². The topological polar surface area (TPSA) is 15.3 Å². The molecule has 1 aliphatic heterocycles. The summed E-state index contributed by atoms with van der Waals surface area (Å²) in [6.45, 7) is 10.3. The van der Waals surface area contributed by atoms with Crippen LogP contribution < -0.4 is 10.2 Å². The molecule has 1 aromatic carbocycles. The van der Waals surface area contributed by atoms with Crippen LogP contribution in [0.5, 0.6) is 0 Å². The van der Waals surface area contributed by atoms with E-state index in [0.29, 0.717) is 12.0 Å². The van der Waals surface area contributed by atoms with Crippen molar-refractivity contribution in [3.8, 4) is 0 Å². The number of nitrogens with one attached hydrogen (secondary N) is 1. The second-order valence-corrected chi connectivity index (χ2v) is 5.59. The van der Waals surface area contributed by atoms with Gasteiger partial charge in [0, 0.05) is 24.8 Å². The predicted molar refractivity (Wildman–Crippen MR) is 79.3 cm³/mol. The molecule has 1 atom stereocenters. The molecule has 0 saturated carbocycles. The maximum atomic E-state index is 3.68. The fourth-order valence-electron chi connectivity index (χ4n) is 2.73. The van der Waals surface area contributed by atoms with Crippen LogP contribution in [0, 0.1) is 5.92 Å². The average molecular weight is 246 g/mol. The van der Waals surface area contributed by atoms with Gasteiger partial charge in [-0.1, -0.05) is 39.0 Å². The first-order valence-corrected chi connectivity index (χ1v) is 7.28. The van der Waals surface area contributed by atoms with Gasteiger partial charge < -0.3 is 10.2 Å². The molecular formula is C16H26N2. The Labute approximate surface area is 111 Å². The van der Waals surface area contributed by atoms with Gasteiger partial charge in [-0.05, 0) is 36.9 Å². The van der Waals surface area contributed by atoms with Crippen molar-refractivity contribution in [2.45, 2.75) is 39.7 Å². The Morgan fingerprint density at radius 1 is 1.33 bits per heavy atom. The number of benzene rings is 1. The molecule has 1 aromatic rings. The highest BCUT2D eigenvalue weighted by Crippen LogP contribution is 2.23. The summed E-state index contributed by atoms with van der Waals surface area (Å²) < 4.78 is 0. The summed E-state index contributed by atoms with van der Waals surface area (Å²) in [6, 6.07) is 9.46. The SMILES string of the molecule is CCc1ccccc1N1CCCNC(C(C)C)C1. The van der Waals surface area contributed by atoms with Crippen molar-refractivity contribution in [2.24, 2.45) is 5.92 Å². The largest absolute Gasteiger partial charge is 0.370 e. The van der Waals surface area contributed by atoms with Gasteiger partial charge in [0.05, 0.1) is 0 Å². The van der Waals surface area contributed by atoms with Gasteiger partial charge in [-0.25, -0.2) is 0 Å². The van der Waals surface area contributed by atoms with E-state index in [0.717, 1.165) is 19.5 Å². The van der Waals surface area contributed by atoms with Gasteiger partial charge in [-0.15, -0.1) is 0 Å². The summed E-state index contributed by atoms with van der Waals surface area (Å²) in [5, 5.41) is 3.68. The zero-order valence-corrected chi connectivity index (χ0v) is 11.9. The Morgan fingerprint density at radius 3 is 2.83 bits per heavy atom. The van der Waals surface area contributed by atoms with Crippen LogP contribution in [0.15, 0.2) is 24.3 Å². The highest BCUT2D eigenvalue weighted by atomic mass is 15.2. The molecule has 1 unspecified atom stereocenters. The Balaban J connectivity index is 2.19. The molecule has 0 spiro atoms. The second kappa shape index (κ2) is 6.24. The van der Waals surface area contributed by atoms with Crippen LogP contribution in [0.3, 0.4) is 0 Å². The Kier molecular flexibility index (Phi) is 4.65. The van der Waals surface area contributed by atoms with E-state index in [1.165, 1.54) is 24.2 Å². The lowest BCUT2D eigenvalue weighted by Gasteiger charge is -2.30. The molecule has 2 nitrogen and oxygen atoms in total. The molecule has 1 N–H and O–H groups in total. The van der Waals surface area contributed by atoms with Gasteiger partial charge in [-0.2, -0.15) is 0 Å². The van der Waals surface area contributed by atoms with Gasteiger partial charge in [0.2, 0.25) is 0 Å². The number of rotatable bonds is 3. The molecule has 1 saturated heterocycles. The molecule has 0 aliphatic carbocycles. The van der Waals surface area contributed by atoms with E-state index in [1.807, 2.05) is 0 Å². The van der Waals surface area contributed by atoms with E-state index in [9.17, 15) is 0 Å². The maximum Gasteiger partial charge on any atom is 0.0399 e. The molecule has 2 heteroatoms. The summed E-state index contributed by atoms with van der Waals surface area (Å²) in [6.07, 6.45) is 2.35. The lowest BCUT2D eigenvalue weighted by Crippen LogP contribution is -2.41. The van der Waals surface area contributed by atoms with E-state index >= 15 is 0 Å². The number of para-hydroxylation sites is 1. The number of hydrogen-bond acceptors (Lipinski definition) is 2. The molecule has 0 radical (unpaired) electrons. The highest BCUT2D eigenvalue weighted by molar-refractivity contribution is 5.54. The summed E-state index contributed by atoms with van der Waals surface area (Å²) in [5.74, 6) is 0.694. The van der Waals surface area contributed by atoms with E-state index in [2.05, 4.69) is 55.3 Å². The zero-order valence-electron chi connectivity index (χ0n) is 11.9. The molecule has 2 rings (SSSR count). The van der Waals surface area contributed by atoms with Crippen molar-refractivity contribution >= 4 is 5.69 Å². The maximum absolute atomic E-state index is 3.68. The number of aryl methyl sites for hydroxylation is 1. The molecule has 0 bridgehead atoms. The molecule has 0 aromatic heterocycles. The standard InChI is InChI=1S/C16H26N2/c1-4-14-8-5-6-9-16(14)18-11-7-10-17-15(12-18)13(2)3/h5-6,8-9,13,15,17H,4,7,10-12H2,1-3H3. The molecule has 18 heavy (non-hydrogen) atoms. The summed E-state index contributed by atoms with van der Waals surface area (Å²) >= 11 is 0. The van der Waals surface area contributed by atoms with Crippen molar-refractivity contribution in [2.75, 3.05) is 24.5 Å². The third-order valence-corrected chi connectivity index (χ3v) is 3.95. The predicted octanol–water partition coefficient (Wildman–Crippen LogP) is 3.07. The fraction of sp³-hybridized carbons (Fsp3) is 0.625. The minimum Gasteiger partial charge on any atom is -0.370 e. The van der Waals surface area contributed by atoms with Crippen molar-refractivity contribution in [1.29, 1.82) is 0 Å². The molecule has 100 valence electrons. The van der Waals surface area contributed by atoms with E-state index in [-0.39, 0.29) is 0 Å². The smallest absolute Gasteiger partial charge is 0.0399 e. The average Bonchev–Trinajstić information content (AvgIpc) is 2.64. The van der Waals surface area contributed by atoms with Gasteiger partial charge >= 0.3 is 0 Å². The fourth-order valence-corrected chi connectivity index (χ4v) is 2.73. The van der Waals surface area contributed by atoms with Crippen molar-refractivity contribution in [1.82, 2.24) is 5.32 Å². The van der Waals surface area contributed by atoms with Crippen LogP contribution in [0.2, 0.25) is 0 Å². The molecular weight excluding hydrogens is 220 g/mol. The van der Waals surface area contributed by atoms with Crippen molar-refractivity contribution in [3.05, 3.63) is 29.8 Å². The number of anilines is 1. The van der Waals surface area contributed by atoms with E-state index < -0.39 is 0 Å². The second-order valence-electron chi connectivity index (χ2n) is 5.59. The van der Waals surface area contributed by atoms with Crippen LogP contribution in [-0.4, -0.2) is 25.7 Å². The third-order valence-electron chi connectivity index (χ3n) is 3.95. The number of nitrogens with zero attached hydrogens (tertiary/aromatic N) is 1. The molecule has 1 fully saturated rings. The normalized spacial score (nSPS) is 21.1. The van der Waals surface area contributed by atoms with Gasteiger partial charge in [0.15, 0.2) is 0 Å². The monoisotopic (exact) mass is 246 g/mol. The minimum atomic E-state index is 0.609. The van der Waals surface area contributed by atoms with Crippen LogP contribution >= 0.6 is 0 Å². The Morgan fingerprint density at radius 2 is 2.11 bits per heavy atom. The van der Waals surface area contributed by atoms with Gasteiger partial charge in [0.1, 0.15) is 0 Å². The molecule has 1 aliphatic rings. The van der Waals surface area contributed by atoms with Crippen LogP contribution in [0.4, 0.5) is 5.69 Å². The minimum absolute atomic E-state index is 0.609. The van der Waals surface area contributed by atoms with E-state index in [1.54, 1.807) is 0 Å². The van der Waals surface area contributed by atoms with Crippen LogP contribution in [0.1, 0.15) is 32.8 Å². The van der Waals surface area contributed by atoms with E-state index in [4.69, 9.17) is 0 Å². The first-order chi connectivity index (χ1) is 8.72. The van der Waals surface area contributed by atoms with Gasteiger partial charge in [0.25, 0.3) is 0 Å². The first-order valence-electron chi connectivity index (χ1n) is 7.28. The quantitative estimate of drug-likeness (QED) is 0.881. The zero-order chi connectivity index (χ0) is 13.0. The van der Waals surface area contributed by atoms with Crippen LogP contribution in [-0.2, 0) is 6.42 Å². The van der Waals surface area contributed by atoms with Crippen molar-refractivity contribution < 1.29 is 0 Å². The van der Waals surface area contributed by atoms with Crippen LogP contribution in [0.25, 0.3) is 0 Å². The van der Waals surface area contributed by atoms with Gasteiger partial charge in [-0.3, -0.25) is 0 Å². The Bertz CT molecular complexity index is 373. The lowest BCUT2D eigenvalue weighted by atomic mass is 10.0. The number of hydrogen-bond donors (Lipinski definition) is 1. The molecule has 0 amide bonds. The first kappa shape index (κ1) is 13.4. The summed E-state index contributed by atoms with van der Waals surface area (Å²) in [7, 11) is 0. The molecule has 1 heterocycles. The lowest BCUT2D eigenvalue weighted by molar-refractivity contribution is 0.420.